The molecule has 1 amide bonds. The second-order valence-corrected chi connectivity index (χ2v) is 5.31. The van der Waals surface area contributed by atoms with Crippen molar-refractivity contribution >= 4 is 11.6 Å². The van der Waals surface area contributed by atoms with Crippen LogP contribution in [-0.4, -0.2) is 41.8 Å². The Morgan fingerprint density at radius 3 is 2.19 bits per heavy atom. The van der Waals surface area contributed by atoms with Crippen LogP contribution in [0.4, 0.5) is 18.9 Å². The van der Waals surface area contributed by atoms with Crippen molar-refractivity contribution in [1.29, 1.82) is 0 Å². The largest absolute Gasteiger partial charge is 0.406 e. The molecule has 0 unspecified atom stereocenters. The van der Waals surface area contributed by atoms with Gasteiger partial charge in [0.2, 0.25) is 5.91 Å². The highest BCUT2D eigenvalue weighted by Crippen LogP contribution is 2.28. The molecule has 118 valence electrons. The van der Waals surface area contributed by atoms with E-state index in [9.17, 15) is 18.0 Å². The van der Waals surface area contributed by atoms with Crippen LogP contribution >= 0.6 is 0 Å². The molecule has 0 heterocycles. The third-order valence-electron chi connectivity index (χ3n) is 3.19. The highest BCUT2D eigenvalue weighted by Gasteiger charge is 2.39. The van der Waals surface area contributed by atoms with Gasteiger partial charge >= 0.3 is 6.18 Å². The average molecular weight is 304 g/mol. The van der Waals surface area contributed by atoms with Crippen molar-refractivity contribution in [3.8, 4) is 0 Å². The highest BCUT2D eigenvalue weighted by molar-refractivity contribution is 5.87. The summed E-state index contributed by atoms with van der Waals surface area (Å²) >= 11 is 0. The summed E-state index contributed by atoms with van der Waals surface area (Å²) in [5.41, 5.74) is 5.48. The lowest BCUT2D eigenvalue weighted by Gasteiger charge is -2.32. The number of carbonyl (C=O) groups is 1. The number of nitrogen functional groups attached to an aromatic ring is 1. The van der Waals surface area contributed by atoms with E-state index in [0.29, 0.717) is 16.2 Å². The molecule has 1 aromatic carbocycles. The van der Waals surface area contributed by atoms with E-state index in [1.807, 2.05) is 0 Å². The molecule has 1 aromatic rings. The Hall–Kier alpha value is -1.76. The van der Waals surface area contributed by atoms with E-state index in [4.69, 9.17) is 10.8 Å². The molecule has 0 fully saturated rings. The fraction of sp³-hybridized carbons (Fsp3) is 0.500. The lowest BCUT2D eigenvalue weighted by atomic mass is 9.83. The van der Waals surface area contributed by atoms with Crippen molar-refractivity contribution in [3.05, 3.63) is 29.8 Å². The Bertz CT molecular complexity index is 484. The zero-order valence-corrected chi connectivity index (χ0v) is 11.9. The van der Waals surface area contributed by atoms with Crippen molar-refractivity contribution in [2.75, 3.05) is 25.4 Å². The Morgan fingerprint density at radius 2 is 1.76 bits per heavy atom. The number of amides is 1. The second-order valence-electron chi connectivity index (χ2n) is 5.31. The quantitative estimate of drug-likeness (QED) is 0.817. The third-order valence-corrected chi connectivity index (χ3v) is 3.19. The lowest BCUT2D eigenvalue weighted by molar-refractivity contribution is -0.165. The van der Waals surface area contributed by atoms with Gasteiger partial charge in [0.05, 0.1) is 12.0 Å². The van der Waals surface area contributed by atoms with Crippen LogP contribution in [0, 0.1) is 0 Å². The van der Waals surface area contributed by atoms with E-state index >= 15 is 0 Å². The number of anilines is 1. The molecule has 0 atom stereocenters. The van der Waals surface area contributed by atoms with Crippen LogP contribution in [0.1, 0.15) is 19.4 Å². The Labute approximate surface area is 121 Å². The van der Waals surface area contributed by atoms with Gasteiger partial charge in [-0.1, -0.05) is 12.1 Å². The van der Waals surface area contributed by atoms with Crippen LogP contribution in [0.2, 0.25) is 0 Å². The number of hydrogen-bond donors (Lipinski definition) is 2. The molecule has 7 heteroatoms. The molecule has 0 aliphatic heterocycles. The molecule has 4 nitrogen and oxygen atoms in total. The van der Waals surface area contributed by atoms with Crippen LogP contribution in [0.25, 0.3) is 0 Å². The standard InChI is InChI=1S/C14H19F3N2O2/c1-13(2,10-3-5-11(18)6-4-10)12(21)19(7-8-20)9-14(15,16)17/h3-6,20H,7-9,18H2,1-2H3. The summed E-state index contributed by atoms with van der Waals surface area (Å²) in [5, 5.41) is 8.88. The second kappa shape index (κ2) is 6.34. The minimum absolute atomic E-state index is 0.364. The van der Waals surface area contributed by atoms with E-state index < -0.39 is 30.7 Å². The normalized spacial score (nSPS) is 12.3. The third kappa shape index (κ3) is 4.63. The predicted molar refractivity (Wildman–Crippen MR) is 73.6 cm³/mol. The molecule has 0 aromatic heterocycles. The number of aliphatic hydroxyl groups is 1. The smallest absolute Gasteiger partial charge is 0.399 e. The minimum atomic E-state index is -4.51. The van der Waals surface area contributed by atoms with Crippen LogP contribution in [0.5, 0.6) is 0 Å². The first-order valence-corrected chi connectivity index (χ1v) is 6.41. The average Bonchev–Trinajstić information content (AvgIpc) is 2.36. The maximum absolute atomic E-state index is 12.5. The molecular weight excluding hydrogens is 285 g/mol. The van der Waals surface area contributed by atoms with E-state index in [-0.39, 0.29) is 6.54 Å². The molecule has 0 saturated heterocycles. The molecule has 0 radical (unpaired) electrons. The van der Waals surface area contributed by atoms with Gasteiger partial charge in [0.15, 0.2) is 0 Å². The molecular formula is C14H19F3N2O2. The summed E-state index contributed by atoms with van der Waals surface area (Å²) in [7, 11) is 0. The van der Waals surface area contributed by atoms with Gasteiger partial charge in [-0.15, -0.1) is 0 Å². The zero-order chi connectivity index (χ0) is 16.3. The highest BCUT2D eigenvalue weighted by atomic mass is 19.4. The van der Waals surface area contributed by atoms with E-state index in [2.05, 4.69) is 0 Å². The molecule has 0 bridgehead atoms. The Morgan fingerprint density at radius 1 is 1.24 bits per heavy atom. The first kappa shape index (κ1) is 17.3. The summed E-state index contributed by atoms with van der Waals surface area (Å²) in [6.07, 6.45) is -4.51. The number of rotatable bonds is 5. The predicted octanol–water partition coefficient (Wildman–Crippen LogP) is 1.93. The number of alkyl halides is 3. The first-order valence-electron chi connectivity index (χ1n) is 6.41. The maximum Gasteiger partial charge on any atom is 0.406 e. The zero-order valence-electron chi connectivity index (χ0n) is 11.9. The summed E-state index contributed by atoms with van der Waals surface area (Å²) in [6.45, 7) is 0.810. The van der Waals surface area contributed by atoms with Crippen LogP contribution in [0.15, 0.2) is 24.3 Å². The molecule has 0 saturated carbocycles. The number of carbonyl (C=O) groups excluding carboxylic acids is 1. The van der Waals surface area contributed by atoms with Crippen LogP contribution in [0.3, 0.4) is 0 Å². The fourth-order valence-corrected chi connectivity index (χ4v) is 2.01. The molecule has 0 spiro atoms. The molecule has 21 heavy (non-hydrogen) atoms. The number of benzene rings is 1. The Kier molecular flexibility index (Phi) is 5.22. The lowest BCUT2D eigenvalue weighted by Crippen LogP contribution is -2.48. The van der Waals surface area contributed by atoms with E-state index in [1.165, 1.54) is 0 Å². The Balaban J connectivity index is 3.02. The van der Waals surface area contributed by atoms with E-state index in [0.717, 1.165) is 0 Å². The number of nitrogens with zero attached hydrogens (tertiary/aromatic N) is 1. The van der Waals surface area contributed by atoms with Gasteiger partial charge in [0, 0.05) is 12.2 Å². The summed E-state index contributed by atoms with van der Waals surface area (Å²) in [5.74, 6) is -0.696. The topological polar surface area (TPSA) is 66.6 Å². The van der Waals surface area contributed by atoms with Crippen molar-refractivity contribution < 1.29 is 23.1 Å². The maximum atomic E-state index is 12.5. The van der Waals surface area contributed by atoms with Crippen LogP contribution in [-0.2, 0) is 10.2 Å². The van der Waals surface area contributed by atoms with Gasteiger partial charge in [-0.25, -0.2) is 0 Å². The SMILES string of the molecule is CC(C)(C(=O)N(CCO)CC(F)(F)F)c1ccc(N)cc1. The molecule has 3 N–H and O–H groups in total. The van der Waals surface area contributed by atoms with Gasteiger partial charge in [0.1, 0.15) is 6.54 Å². The van der Waals surface area contributed by atoms with Crippen molar-refractivity contribution in [3.63, 3.8) is 0 Å². The van der Waals surface area contributed by atoms with Gasteiger partial charge < -0.3 is 15.7 Å². The summed E-state index contributed by atoms with van der Waals surface area (Å²) in [6, 6.07) is 6.39. The minimum Gasteiger partial charge on any atom is -0.399 e. The number of aliphatic hydroxyl groups excluding tert-OH is 1. The fourth-order valence-electron chi connectivity index (χ4n) is 2.01. The van der Waals surface area contributed by atoms with Crippen molar-refractivity contribution in [1.82, 2.24) is 4.90 Å². The number of halogens is 3. The summed E-state index contributed by atoms with van der Waals surface area (Å²) < 4.78 is 37.6. The van der Waals surface area contributed by atoms with Gasteiger partial charge in [0.25, 0.3) is 0 Å². The summed E-state index contributed by atoms with van der Waals surface area (Å²) in [4.78, 5) is 13.0. The van der Waals surface area contributed by atoms with Crippen molar-refractivity contribution in [2.24, 2.45) is 0 Å². The van der Waals surface area contributed by atoms with Crippen molar-refractivity contribution in [2.45, 2.75) is 25.4 Å². The van der Waals surface area contributed by atoms with Crippen LogP contribution < -0.4 is 5.73 Å². The van der Waals surface area contributed by atoms with Gasteiger partial charge in [-0.05, 0) is 31.5 Å². The number of hydrogen-bond acceptors (Lipinski definition) is 3. The van der Waals surface area contributed by atoms with Gasteiger partial charge in [-0.3, -0.25) is 4.79 Å². The molecule has 1 rings (SSSR count). The molecule has 0 aliphatic carbocycles. The van der Waals surface area contributed by atoms with E-state index in [1.54, 1.807) is 38.1 Å². The monoisotopic (exact) mass is 304 g/mol. The first-order chi connectivity index (χ1) is 9.58. The number of nitrogens with two attached hydrogens (primary N) is 1. The molecule has 0 aliphatic rings. The van der Waals surface area contributed by atoms with Gasteiger partial charge in [-0.2, -0.15) is 13.2 Å².